The van der Waals surface area contributed by atoms with Gasteiger partial charge in [0.05, 0.1) is 12.7 Å². The van der Waals surface area contributed by atoms with Gasteiger partial charge in [-0.3, -0.25) is 14.2 Å². The summed E-state index contributed by atoms with van der Waals surface area (Å²) >= 11 is 0. The number of nitrogens with zero attached hydrogens (tertiary/aromatic N) is 1. The first kappa shape index (κ1) is 19.2. The smallest absolute Gasteiger partial charge is 0.262 e. The number of carbonyl (C=O) groups excluding carboxylic acids is 1. The molecule has 3 aromatic rings. The minimum atomic E-state index is -0.171. The van der Waals surface area contributed by atoms with Gasteiger partial charge in [0.25, 0.3) is 11.5 Å². The highest BCUT2D eigenvalue weighted by atomic mass is 16.5. The van der Waals surface area contributed by atoms with E-state index in [1.54, 1.807) is 43.6 Å². The van der Waals surface area contributed by atoms with Gasteiger partial charge in [0.2, 0.25) is 0 Å². The SMILES string of the molecule is COc1ccc(-n2cc(C(=O)NCC3CCOCC3)c3ccccc3c2=O)cc1. The molecular formula is C23H24N2O4. The second kappa shape index (κ2) is 8.49. The molecule has 1 aliphatic rings. The van der Waals surface area contributed by atoms with Crippen molar-refractivity contribution in [1.29, 1.82) is 0 Å². The maximum absolute atomic E-state index is 13.0. The number of hydrogen-bond acceptors (Lipinski definition) is 4. The Morgan fingerprint density at radius 3 is 2.48 bits per heavy atom. The molecule has 1 N–H and O–H groups in total. The summed E-state index contributed by atoms with van der Waals surface area (Å²) < 4.78 is 12.1. The van der Waals surface area contributed by atoms with Crippen LogP contribution < -0.4 is 15.6 Å². The lowest BCUT2D eigenvalue weighted by atomic mass is 10.00. The van der Waals surface area contributed by atoms with Crippen LogP contribution in [0.1, 0.15) is 23.2 Å². The topological polar surface area (TPSA) is 69.6 Å². The number of aromatic nitrogens is 1. The first-order valence-corrected chi connectivity index (χ1v) is 9.82. The second-order valence-electron chi connectivity index (χ2n) is 7.23. The van der Waals surface area contributed by atoms with Crippen LogP contribution in [0, 0.1) is 5.92 Å². The zero-order valence-electron chi connectivity index (χ0n) is 16.4. The number of carbonyl (C=O) groups is 1. The number of ether oxygens (including phenoxy) is 2. The van der Waals surface area contributed by atoms with Gasteiger partial charge in [0, 0.05) is 42.4 Å². The molecule has 0 unspecified atom stereocenters. The zero-order valence-corrected chi connectivity index (χ0v) is 16.4. The van der Waals surface area contributed by atoms with Gasteiger partial charge >= 0.3 is 0 Å². The first-order valence-electron chi connectivity index (χ1n) is 9.82. The van der Waals surface area contributed by atoms with Crippen LogP contribution in [0.2, 0.25) is 0 Å². The number of amides is 1. The van der Waals surface area contributed by atoms with E-state index in [1.165, 1.54) is 4.57 Å². The second-order valence-corrected chi connectivity index (χ2v) is 7.23. The number of pyridine rings is 1. The van der Waals surface area contributed by atoms with Gasteiger partial charge in [-0.05, 0) is 49.1 Å². The van der Waals surface area contributed by atoms with E-state index in [4.69, 9.17) is 9.47 Å². The first-order chi connectivity index (χ1) is 14.2. The Balaban J connectivity index is 1.71. The molecule has 1 fully saturated rings. The molecule has 2 heterocycles. The highest BCUT2D eigenvalue weighted by Gasteiger charge is 2.18. The molecule has 2 aromatic carbocycles. The van der Waals surface area contributed by atoms with E-state index in [0.717, 1.165) is 26.1 Å². The van der Waals surface area contributed by atoms with Crippen molar-refractivity contribution in [2.45, 2.75) is 12.8 Å². The molecular weight excluding hydrogens is 368 g/mol. The number of methoxy groups -OCH3 is 1. The lowest BCUT2D eigenvalue weighted by Gasteiger charge is -2.22. The fraction of sp³-hybridized carbons (Fsp3) is 0.304. The molecule has 0 bridgehead atoms. The molecule has 1 saturated heterocycles. The number of hydrogen-bond donors (Lipinski definition) is 1. The lowest BCUT2D eigenvalue weighted by molar-refractivity contribution is 0.0643. The van der Waals surface area contributed by atoms with Gasteiger partial charge in [0.1, 0.15) is 5.75 Å². The number of nitrogens with one attached hydrogen (secondary N) is 1. The van der Waals surface area contributed by atoms with E-state index < -0.39 is 0 Å². The van der Waals surface area contributed by atoms with E-state index in [2.05, 4.69) is 5.32 Å². The fourth-order valence-electron chi connectivity index (χ4n) is 3.69. The van der Waals surface area contributed by atoms with E-state index in [1.807, 2.05) is 18.2 Å². The van der Waals surface area contributed by atoms with Crippen molar-refractivity contribution in [2.24, 2.45) is 5.92 Å². The summed E-state index contributed by atoms with van der Waals surface area (Å²) in [4.78, 5) is 26.1. The minimum absolute atomic E-state index is 0.160. The van der Waals surface area contributed by atoms with Gasteiger partial charge in [-0.1, -0.05) is 18.2 Å². The van der Waals surface area contributed by atoms with Crippen molar-refractivity contribution in [3.63, 3.8) is 0 Å². The maximum Gasteiger partial charge on any atom is 0.262 e. The van der Waals surface area contributed by atoms with E-state index in [9.17, 15) is 9.59 Å². The summed E-state index contributed by atoms with van der Waals surface area (Å²) in [7, 11) is 1.60. The van der Waals surface area contributed by atoms with Crippen molar-refractivity contribution in [2.75, 3.05) is 26.9 Å². The van der Waals surface area contributed by atoms with E-state index in [-0.39, 0.29) is 11.5 Å². The van der Waals surface area contributed by atoms with Crippen molar-refractivity contribution in [3.8, 4) is 11.4 Å². The zero-order chi connectivity index (χ0) is 20.2. The third kappa shape index (κ3) is 4.03. The highest BCUT2D eigenvalue weighted by Crippen LogP contribution is 2.20. The Hall–Kier alpha value is -3.12. The van der Waals surface area contributed by atoms with Crippen molar-refractivity contribution < 1.29 is 14.3 Å². The maximum atomic E-state index is 13.0. The Morgan fingerprint density at radius 1 is 1.10 bits per heavy atom. The fourth-order valence-corrected chi connectivity index (χ4v) is 3.69. The van der Waals surface area contributed by atoms with Crippen LogP contribution in [0.3, 0.4) is 0 Å². The quantitative estimate of drug-likeness (QED) is 0.724. The molecule has 29 heavy (non-hydrogen) atoms. The summed E-state index contributed by atoms with van der Waals surface area (Å²) in [5.41, 5.74) is 1.01. The van der Waals surface area contributed by atoms with Crippen molar-refractivity contribution in [3.05, 3.63) is 70.6 Å². The molecule has 150 valence electrons. The summed E-state index contributed by atoms with van der Waals surface area (Å²) in [5, 5.41) is 4.22. The Bertz CT molecular complexity index is 1070. The summed E-state index contributed by atoms with van der Waals surface area (Å²) in [6.45, 7) is 2.09. The van der Waals surface area contributed by atoms with Crippen LogP contribution in [0.25, 0.3) is 16.5 Å². The monoisotopic (exact) mass is 392 g/mol. The largest absolute Gasteiger partial charge is 0.497 e. The van der Waals surface area contributed by atoms with Crippen LogP contribution in [0.15, 0.2) is 59.5 Å². The van der Waals surface area contributed by atoms with Crippen molar-refractivity contribution >= 4 is 16.7 Å². The Labute approximate surface area is 169 Å². The third-order valence-corrected chi connectivity index (χ3v) is 5.41. The molecule has 6 heteroatoms. The Kier molecular flexibility index (Phi) is 5.62. The molecule has 0 aliphatic carbocycles. The average molecular weight is 392 g/mol. The molecule has 1 amide bonds. The predicted molar refractivity (Wildman–Crippen MR) is 112 cm³/mol. The van der Waals surface area contributed by atoms with Gasteiger partial charge in [-0.15, -0.1) is 0 Å². The Morgan fingerprint density at radius 2 is 1.79 bits per heavy atom. The average Bonchev–Trinajstić information content (AvgIpc) is 2.79. The van der Waals surface area contributed by atoms with Gasteiger partial charge in [-0.25, -0.2) is 0 Å². The van der Waals surface area contributed by atoms with Crippen LogP contribution in [0.5, 0.6) is 5.75 Å². The van der Waals surface area contributed by atoms with Gasteiger partial charge < -0.3 is 14.8 Å². The summed E-state index contributed by atoms with van der Waals surface area (Å²) in [6, 6.07) is 14.4. The van der Waals surface area contributed by atoms with Crippen LogP contribution >= 0.6 is 0 Å². The summed E-state index contributed by atoms with van der Waals surface area (Å²) in [6.07, 6.45) is 3.53. The van der Waals surface area contributed by atoms with Gasteiger partial charge in [-0.2, -0.15) is 0 Å². The third-order valence-electron chi connectivity index (χ3n) is 5.41. The highest BCUT2D eigenvalue weighted by molar-refractivity contribution is 6.06. The van der Waals surface area contributed by atoms with Crippen LogP contribution in [0.4, 0.5) is 0 Å². The molecule has 1 aliphatic heterocycles. The van der Waals surface area contributed by atoms with Crippen LogP contribution in [-0.4, -0.2) is 37.3 Å². The van der Waals surface area contributed by atoms with E-state index >= 15 is 0 Å². The summed E-state index contributed by atoms with van der Waals surface area (Å²) in [5.74, 6) is 0.957. The van der Waals surface area contributed by atoms with Crippen molar-refractivity contribution in [1.82, 2.24) is 9.88 Å². The number of rotatable bonds is 5. The molecule has 4 rings (SSSR count). The standard InChI is InChI=1S/C23H24N2O4/c1-28-18-8-6-17(7-9-18)25-15-21(19-4-2-3-5-20(19)23(25)27)22(26)24-14-16-10-12-29-13-11-16/h2-9,15-16H,10-14H2,1H3,(H,24,26). The number of fused-ring (bicyclic) bond motifs is 1. The van der Waals surface area contributed by atoms with Crippen LogP contribution in [-0.2, 0) is 4.74 Å². The molecule has 0 radical (unpaired) electrons. The molecule has 1 aromatic heterocycles. The normalized spacial score (nSPS) is 14.7. The van der Waals surface area contributed by atoms with E-state index in [0.29, 0.717) is 40.2 Å². The minimum Gasteiger partial charge on any atom is -0.497 e. The molecule has 0 saturated carbocycles. The molecule has 0 spiro atoms. The molecule has 0 atom stereocenters. The lowest BCUT2D eigenvalue weighted by Crippen LogP contribution is -2.33. The predicted octanol–water partition coefficient (Wildman–Crippen LogP) is 3.16. The van der Waals surface area contributed by atoms with Gasteiger partial charge in [0.15, 0.2) is 0 Å². The molecule has 6 nitrogen and oxygen atoms in total. The number of benzene rings is 2.